The van der Waals surface area contributed by atoms with Gasteiger partial charge in [-0.3, -0.25) is 0 Å². The zero-order chi connectivity index (χ0) is 11.7. The van der Waals surface area contributed by atoms with Gasteiger partial charge in [0.15, 0.2) is 0 Å². The smallest absolute Gasteiger partial charge is 0.168 e. The first-order valence-electron chi connectivity index (χ1n) is 4.48. The summed E-state index contributed by atoms with van der Waals surface area (Å²) in [6.45, 7) is 2.51. The lowest BCUT2D eigenvalue weighted by Gasteiger charge is -2.05. The molecule has 0 atom stereocenters. The van der Waals surface area contributed by atoms with Crippen LogP contribution in [0.3, 0.4) is 0 Å². The topological polar surface area (TPSA) is 0 Å². The highest BCUT2D eigenvalue weighted by molar-refractivity contribution is 7.59. The maximum Gasteiger partial charge on any atom is 0.292 e. The molecule has 0 aliphatic carbocycles. The second kappa shape index (κ2) is 7.40. The molecular weight excluding hydrogens is 177 g/mol. The summed E-state index contributed by atoms with van der Waals surface area (Å²) in [4.78, 5) is 0. The lowest BCUT2D eigenvalue weighted by molar-refractivity contribution is 1.93. The van der Waals surface area contributed by atoms with Crippen molar-refractivity contribution in [3.05, 3.63) is 0 Å². The molecule has 0 saturated carbocycles. The minimum absolute atomic E-state index is 0.248. The van der Waals surface area contributed by atoms with Gasteiger partial charge in [0.05, 0.1) is 0 Å². The van der Waals surface area contributed by atoms with Crippen LogP contribution in [-0.2, 0) is 0 Å². The molecule has 0 aromatic heterocycles. The van der Waals surface area contributed by atoms with E-state index in [1.54, 1.807) is 13.8 Å². The molecule has 0 N–H and O–H groups in total. The van der Waals surface area contributed by atoms with E-state index in [9.17, 15) is 0 Å². The molecule has 0 spiro atoms. The minimum atomic E-state index is -0.389. The third kappa shape index (κ3) is 3.70. The van der Waals surface area contributed by atoms with Crippen molar-refractivity contribution < 1.29 is 0 Å². The van der Waals surface area contributed by atoms with Crippen molar-refractivity contribution in [3.63, 3.8) is 0 Å². The molecular formula is C12H9B3. The Balaban J connectivity index is 5.19. The normalized spacial score (nSPS) is 6.07. The van der Waals surface area contributed by atoms with Crippen molar-refractivity contribution in [1.29, 1.82) is 0 Å². The SMILES string of the molecule is C#CB(C#C)B(C#CC)B(C#C)C#CC. The second-order valence-electron chi connectivity index (χ2n) is 2.77. The van der Waals surface area contributed by atoms with Gasteiger partial charge in [0.25, 0.3) is 13.2 Å². The second-order valence-corrected chi connectivity index (χ2v) is 2.77. The largest absolute Gasteiger partial charge is 0.292 e. The molecule has 0 rings (SSSR count). The summed E-state index contributed by atoms with van der Waals surface area (Å²) < 4.78 is 0. The van der Waals surface area contributed by atoms with E-state index >= 15 is 0 Å². The fraction of sp³-hybridized carbons (Fsp3) is 0.167. The summed E-state index contributed by atoms with van der Waals surface area (Å²) in [6, 6.07) is 0. The van der Waals surface area contributed by atoms with Crippen LogP contribution in [0.25, 0.3) is 0 Å². The van der Waals surface area contributed by atoms with Gasteiger partial charge in [0.1, 0.15) is 0 Å². The molecule has 66 valence electrons. The Labute approximate surface area is 94.2 Å². The van der Waals surface area contributed by atoms with Crippen molar-refractivity contribution in [2.75, 3.05) is 0 Å². The minimum Gasteiger partial charge on any atom is -0.168 e. The third-order valence-electron chi connectivity index (χ3n) is 1.87. The average molecular weight is 186 g/mol. The van der Waals surface area contributed by atoms with E-state index in [-0.39, 0.29) is 19.7 Å². The highest BCUT2D eigenvalue weighted by Gasteiger charge is 2.34. The van der Waals surface area contributed by atoms with E-state index in [1.807, 2.05) is 0 Å². The molecule has 0 amide bonds. The Morgan fingerprint density at radius 1 is 0.733 bits per heavy atom. The summed E-state index contributed by atoms with van der Waals surface area (Å²) in [6.07, 6.45) is 16.0. The quantitative estimate of drug-likeness (QED) is 0.428. The molecule has 0 nitrogen and oxygen atoms in total. The molecule has 0 saturated heterocycles. The van der Waals surface area contributed by atoms with Gasteiger partial charge in [-0.15, -0.1) is 54.4 Å². The first-order chi connectivity index (χ1) is 7.24. The van der Waals surface area contributed by atoms with Crippen molar-refractivity contribution in [2.24, 2.45) is 0 Å². The van der Waals surface area contributed by atoms with Crippen LogP contribution in [0.2, 0.25) is 0 Å². The van der Waals surface area contributed by atoms with E-state index < -0.39 is 0 Å². The van der Waals surface area contributed by atoms with Crippen LogP contribution in [0.15, 0.2) is 0 Å². The lowest BCUT2D eigenvalue weighted by Crippen LogP contribution is -2.46. The van der Waals surface area contributed by atoms with Gasteiger partial charge in [0, 0.05) is 0 Å². The summed E-state index contributed by atoms with van der Waals surface area (Å²) in [7, 11) is 0. The highest BCUT2D eigenvalue weighted by atomic mass is 13.5. The zero-order valence-electron chi connectivity index (χ0n) is 8.96. The predicted octanol–water partition coefficient (Wildman–Crippen LogP) is 0.270. The van der Waals surface area contributed by atoms with Gasteiger partial charge in [-0.25, -0.2) is 0 Å². The molecule has 15 heavy (non-hydrogen) atoms. The Bertz CT molecular complexity index is 434. The first kappa shape index (κ1) is 13.0. The molecule has 0 unspecified atom stereocenters. The van der Waals surface area contributed by atoms with Crippen LogP contribution < -0.4 is 0 Å². The molecule has 0 bridgehead atoms. The summed E-state index contributed by atoms with van der Waals surface area (Å²) in [5.41, 5.74) is 0. The molecule has 0 radical (unpaired) electrons. The van der Waals surface area contributed by atoms with E-state index in [2.05, 4.69) is 40.9 Å². The van der Waals surface area contributed by atoms with Gasteiger partial charge in [-0.1, -0.05) is 0 Å². The summed E-state index contributed by atoms with van der Waals surface area (Å²) >= 11 is 0. The van der Waals surface area contributed by atoms with E-state index in [4.69, 9.17) is 19.3 Å². The van der Waals surface area contributed by atoms with Gasteiger partial charge >= 0.3 is 0 Å². The molecule has 0 aliphatic heterocycles. The molecule has 0 aromatic rings. The molecule has 0 aliphatic rings. The van der Waals surface area contributed by atoms with Crippen molar-refractivity contribution in [1.82, 2.24) is 0 Å². The molecule has 0 aromatic carbocycles. The van der Waals surface area contributed by atoms with E-state index in [1.165, 1.54) is 0 Å². The lowest BCUT2D eigenvalue weighted by atomic mass is 8.89. The van der Waals surface area contributed by atoms with Gasteiger partial charge < -0.3 is 0 Å². The fourth-order valence-electron chi connectivity index (χ4n) is 1.17. The Hall–Kier alpha value is -2.01. The summed E-state index contributed by atoms with van der Waals surface area (Å²) in [5, 5.41) is 0. The number of hydrogen-bond donors (Lipinski definition) is 0. The molecule has 0 fully saturated rings. The van der Waals surface area contributed by atoms with Crippen LogP contribution in [-0.4, -0.2) is 19.7 Å². The Morgan fingerprint density at radius 3 is 1.53 bits per heavy atom. The Kier molecular flexibility index (Phi) is 6.41. The van der Waals surface area contributed by atoms with Crippen LogP contribution in [0, 0.1) is 60.2 Å². The van der Waals surface area contributed by atoms with Crippen LogP contribution in [0.5, 0.6) is 0 Å². The number of hydrogen-bond acceptors (Lipinski definition) is 0. The number of rotatable bonds is 2. The maximum atomic E-state index is 5.38. The van der Waals surface area contributed by atoms with E-state index in [0.717, 1.165) is 0 Å². The van der Waals surface area contributed by atoms with Gasteiger partial charge in [-0.05, 0) is 13.8 Å². The van der Waals surface area contributed by atoms with Crippen molar-refractivity contribution in [3.8, 4) is 60.2 Å². The fourth-order valence-corrected chi connectivity index (χ4v) is 1.17. The predicted molar refractivity (Wildman–Crippen MR) is 70.7 cm³/mol. The Morgan fingerprint density at radius 2 is 1.20 bits per heavy atom. The summed E-state index contributed by atoms with van der Waals surface area (Å²) in [5.74, 6) is 19.0. The maximum absolute atomic E-state index is 5.38. The standard InChI is InChI=1S/C12H9B3/c1-6-11-14(10-5)15(12-7-2)13(8-3)9-4/h3-5H,1-2H3. The average Bonchev–Trinajstić information content (AvgIpc) is 2.26. The van der Waals surface area contributed by atoms with Crippen molar-refractivity contribution >= 4 is 19.7 Å². The number of terminal acetylenes is 3. The third-order valence-corrected chi connectivity index (χ3v) is 1.87. The monoisotopic (exact) mass is 186 g/mol. The molecule has 0 heterocycles. The van der Waals surface area contributed by atoms with E-state index in [0.29, 0.717) is 0 Å². The van der Waals surface area contributed by atoms with Crippen LogP contribution in [0.1, 0.15) is 13.8 Å². The first-order valence-corrected chi connectivity index (χ1v) is 4.48. The zero-order valence-corrected chi connectivity index (χ0v) is 8.96. The molecule has 3 heteroatoms. The van der Waals surface area contributed by atoms with Gasteiger partial charge in [0.2, 0.25) is 6.49 Å². The van der Waals surface area contributed by atoms with Crippen LogP contribution >= 0.6 is 0 Å². The van der Waals surface area contributed by atoms with Crippen LogP contribution in [0.4, 0.5) is 0 Å². The van der Waals surface area contributed by atoms with Gasteiger partial charge in [-0.2, -0.15) is 5.82 Å². The van der Waals surface area contributed by atoms with Crippen molar-refractivity contribution in [2.45, 2.75) is 13.8 Å². The highest BCUT2D eigenvalue weighted by Crippen LogP contribution is 1.94.